The Morgan fingerprint density at radius 3 is 2.56 bits per heavy atom. The summed E-state index contributed by atoms with van der Waals surface area (Å²) >= 11 is 0. The minimum atomic E-state index is 0. The van der Waals surface area contributed by atoms with Crippen LogP contribution in [0.4, 0.5) is 0 Å². The van der Waals surface area contributed by atoms with Gasteiger partial charge in [0.1, 0.15) is 0 Å². The van der Waals surface area contributed by atoms with Gasteiger partial charge in [-0.1, -0.05) is 31.7 Å². The molecule has 1 aliphatic heterocycles. The molecule has 1 aromatic heterocycles. The maximum atomic E-state index is 13.3. The van der Waals surface area contributed by atoms with Crippen molar-refractivity contribution in [1.82, 2.24) is 15.2 Å². The van der Waals surface area contributed by atoms with Crippen LogP contribution in [0.2, 0.25) is 0 Å². The van der Waals surface area contributed by atoms with Crippen molar-refractivity contribution < 1.29 is 4.79 Å². The maximum absolute atomic E-state index is 13.3. The van der Waals surface area contributed by atoms with Crippen molar-refractivity contribution >= 4 is 18.3 Å². The number of nitrogens with one attached hydrogen (secondary N) is 1. The lowest BCUT2D eigenvalue weighted by molar-refractivity contribution is -0.139. The Morgan fingerprint density at radius 2 is 1.84 bits per heavy atom. The number of pyridine rings is 1. The van der Waals surface area contributed by atoms with Crippen LogP contribution in [0.1, 0.15) is 63.5 Å². The van der Waals surface area contributed by atoms with Gasteiger partial charge < -0.3 is 10.2 Å². The van der Waals surface area contributed by atoms with E-state index < -0.39 is 0 Å². The highest BCUT2D eigenvalue weighted by molar-refractivity contribution is 5.85. The zero-order valence-electron chi connectivity index (χ0n) is 15.2. The van der Waals surface area contributed by atoms with Crippen LogP contribution in [0.25, 0.3) is 0 Å². The van der Waals surface area contributed by atoms with Crippen LogP contribution < -0.4 is 5.32 Å². The summed E-state index contributed by atoms with van der Waals surface area (Å²) in [5.41, 5.74) is 1.01. The third-order valence-electron chi connectivity index (χ3n) is 5.53. The molecular weight excluding hydrogens is 334 g/mol. The molecule has 1 N–H and O–H groups in total. The molecule has 1 aromatic rings. The highest BCUT2D eigenvalue weighted by atomic mass is 35.5. The summed E-state index contributed by atoms with van der Waals surface area (Å²) in [6.45, 7) is 2.76. The van der Waals surface area contributed by atoms with Crippen molar-refractivity contribution in [3.63, 3.8) is 0 Å². The van der Waals surface area contributed by atoms with Crippen LogP contribution in [0.3, 0.4) is 0 Å². The Kier molecular flexibility index (Phi) is 8.70. The van der Waals surface area contributed by atoms with Crippen LogP contribution >= 0.6 is 12.4 Å². The van der Waals surface area contributed by atoms with E-state index >= 15 is 0 Å². The number of amides is 1. The van der Waals surface area contributed by atoms with Crippen LogP contribution in [-0.4, -0.2) is 34.9 Å². The van der Waals surface area contributed by atoms with Crippen molar-refractivity contribution in [2.75, 3.05) is 13.1 Å². The Labute approximate surface area is 158 Å². The van der Waals surface area contributed by atoms with E-state index in [1.165, 1.54) is 25.7 Å². The third kappa shape index (κ3) is 5.96. The van der Waals surface area contributed by atoms with Crippen LogP contribution in [0, 0.1) is 5.92 Å². The monoisotopic (exact) mass is 365 g/mol. The largest absolute Gasteiger partial charge is 0.334 e. The summed E-state index contributed by atoms with van der Waals surface area (Å²) in [7, 11) is 0. The molecule has 5 heteroatoms. The van der Waals surface area contributed by atoms with Crippen molar-refractivity contribution in [3.05, 3.63) is 30.1 Å². The molecule has 1 unspecified atom stereocenters. The number of rotatable bonds is 4. The number of hydrogen-bond donors (Lipinski definition) is 1. The highest BCUT2D eigenvalue weighted by Gasteiger charge is 2.30. The zero-order valence-corrected chi connectivity index (χ0v) is 16.0. The molecule has 2 fully saturated rings. The minimum absolute atomic E-state index is 0. The zero-order chi connectivity index (χ0) is 16.6. The molecule has 25 heavy (non-hydrogen) atoms. The molecular formula is C20H32ClN3O. The molecule has 140 valence electrons. The molecule has 0 bridgehead atoms. The van der Waals surface area contributed by atoms with Gasteiger partial charge in [-0.15, -0.1) is 12.4 Å². The summed E-state index contributed by atoms with van der Waals surface area (Å²) < 4.78 is 0. The predicted octanol–water partition coefficient (Wildman–Crippen LogP) is 3.94. The summed E-state index contributed by atoms with van der Waals surface area (Å²) in [5.74, 6) is 0.613. The average Bonchev–Trinajstić information content (AvgIpc) is 3.05. The third-order valence-corrected chi connectivity index (χ3v) is 5.53. The first-order valence-electron chi connectivity index (χ1n) is 9.75. The topological polar surface area (TPSA) is 45.2 Å². The Morgan fingerprint density at radius 1 is 1.04 bits per heavy atom. The van der Waals surface area contributed by atoms with Crippen molar-refractivity contribution in [1.29, 1.82) is 0 Å². The number of hydrogen-bond acceptors (Lipinski definition) is 3. The molecule has 1 saturated heterocycles. The van der Waals surface area contributed by atoms with Crippen LogP contribution in [-0.2, 0) is 11.3 Å². The number of halogens is 1. The smallest absolute Gasteiger partial charge is 0.226 e. The van der Waals surface area contributed by atoms with Gasteiger partial charge in [0.15, 0.2) is 0 Å². The fourth-order valence-electron chi connectivity index (χ4n) is 4.13. The first-order chi connectivity index (χ1) is 11.8. The van der Waals surface area contributed by atoms with Crippen molar-refractivity contribution in [3.8, 4) is 0 Å². The number of carbonyl (C=O) groups is 1. The fraction of sp³-hybridized carbons (Fsp3) is 0.700. The minimum Gasteiger partial charge on any atom is -0.334 e. The first-order valence-corrected chi connectivity index (χ1v) is 9.75. The molecule has 0 spiro atoms. The van der Waals surface area contributed by atoms with E-state index in [1.54, 1.807) is 0 Å². The number of nitrogens with zero attached hydrogens (tertiary/aromatic N) is 2. The summed E-state index contributed by atoms with van der Waals surface area (Å²) in [6.07, 6.45) is 12.3. The van der Waals surface area contributed by atoms with E-state index in [0.717, 1.165) is 50.9 Å². The van der Waals surface area contributed by atoms with Gasteiger partial charge in [-0.2, -0.15) is 0 Å². The first kappa shape index (κ1) is 20.2. The lowest BCUT2D eigenvalue weighted by atomic mass is 9.96. The van der Waals surface area contributed by atoms with E-state index in [2.05, 4.69) is 15.2 Å². The Bertz CT molecular complexity index is 495. The van der Waals surface area contributed by atoms with E-state index in [1.807, 2.05) is 24.4 Å². The molecule has 4 nitrogen and oxygen atoms in total. The van der Waals surface area contributed by atoms with Gasteiger partial charge in [0.2, 0.25) is 5.91 Å². The Balaban J connectivity index is 0.00000225. The maximum Gasteiger partial charge on any atom is 0.226 e. The van der Waals surface area contributed by atoms with Crippen LogP contribution in [0.15, 0.2) is 24.4 Å². The normalized spacial score (nSPS) is 22.3. The summed E-state index contributed by atoms with van der Waals surface area (Å²) in [5, 5.41) is 3.47. The molecule has 3 rings (SSSR count). The average molecular weight is 366 g/mol. The molecule has 2 heterocycles. The van der Waals surface area contributed by atoms with Gasteiger partial charge >= 0.3 is 0 Å². The number of aromatic nitrogens is 1. The standard InChI is InChI=1S/C20H31N3O.ClH/c24-20(17-8-3-1-2-4-9-17)23(16-18-10-5-6-14-22-18)19-11-7-13-21-15-12-19;/h5-6,10,14,17,19,21H,1-4,7-9,11-13,15-16H2;1H. The molecule has 1 atom stereocenters. The SMILES string of the molecule is Cl.O=C(C1CCCCCC1)N(Cc1ccccn1)C1CCCNCC1. The lowest BCUT2D eigenvalue weighted by Crippen LogP contribution is -2.43. The van der Waals surface area contributed by atoms with Gasteiger partial charge in [0.05, 0.1) is 12.2 Å². The van der Waals surface area contributed by atoms with Crippen molar-refractivity contribution in [2.24, 2.45) is 5.92 Å². The fourth-order valence-corrected chi connectivity index (χ4v) is 4.13. The second-order valence-electron chi connectivity index (χ2n) is 7.31. The van der Waals surface area contributed by atoms with E-state index in [9.17, 15) is 4.79 Å². The lowest BCUT2D eigenvalue weighted by Gasteiger charge is -2.34. The van der Waals surface area contributed by atoms with E-state index in [4.69, 9.17) is 0 Å². The molecule has 0 radical (unpaired) electrons. The molecule has 0 aromatic carbocycles. The molecule has 1 saturated carbocycles. The van der Waals surface area contributed by atoms with Gasteiger partial charge in [-0.25, -0.2) is 0 Å². The second kappa shape index (κ2) is 10.8. The predicted molar refractivity (Wildman–Crippen MR) is 104 cm³/mol. The van der Waals surface area contributed by atoms with Crippen molar-refractivity contribution in [2.45, 2.75) is 70.4 Å². The van der Waals surface area contributed by atoms with Gasteiger partial charge in [-0.3, -0.25) is 9.78 Å². The van der Waals surface area contributed by atoms with Gasteiger partial charge in [-0.05, 0) is 57.3 Å². The van der Waals surface area contributed by atoms with Gasteiger partial charge in [0.25, 0.3) is 0 Å². The van der Waals surface area contributed by atoms with E-state index in [0.29, 0.717) is 18.5 Å². The molecule has 1 amide bonds. The molecule has 2 aliphatic rings. The van der Waals surface area contributed by atoms with E-state index in [-0.39, 0.29) is 18.3 Å². The summed E-state index contributed by atoms with van der Waals surface area (Å²) in [6, 6.07) is 6.36. The Hall–Kier alpha value is -1.13. The quantitative estimate of drug-likeness (QED) is 0.822. The summed E-state index contributed by atoms with van der Waals surface area (Å²) in [4.78, 5) is 20.0. The van der Waals surface area contributed by atoms with Gasteiger partial charge in [0, 0.05) is 18.2 Å². The second-order valence-corrected chi connectivity index (χ2v) is 7.31. The number of carbonyl (C=O) groups excluding carboxylic acids is 1. The van der Waals surface area contributed by atoms with Crippen LogP contribution in [0.5, 0.6) is 0 Å². The molecule has 1 aliphatic carbocycles. The highest BCUT2D eigenvalue weighted by Crippen LogP contribution is 2.27.